The molecule has 104 valence electrons. The first-order valence-corrected chi connectivity index (χ1v) is 7.35. The zero-order valence-corrected chi connectivity index (χ0v) is 11.8. The average molecular weight is 281 g/mol. The van der Waals surface area contributed by atoms with Crippen molar-refractivity contribution in [3.05, 3.63) is 22.4 Å². The molecule has 0 spiro atoms. The second kappa shape index (κ2) is 6.68. The molecular formula is C13H19N3O2S. The van der Waals surface area contributed by atoms with Crippen molar-refractivity contribution in [3.63, 3.8) is 0 Å². The quantitative estimate of drug-likeness (QED) is 0.853. The third-order valence-corrected chi connectivity index (χ3v) is 4.00. The SMILES string of the molecule is CNCC(=O)N[C@@H]1CCCN(C(=O)c2cccs2)C1. The number of carbonyl (C=O) groups excluding carboxylic acids is 2. The van der Waals surface area contributed by atoms with Crippen molar-refractivity contribution < 1.29 is 9.59 Å². The van der Waals surface area contributed by atoms with Crippen LogP contribution in [0.1, 0.15) is 22.5 Å². The Labute approximate surface area is 117 Å². The van der Waals surface area contributed by atoms with Gasteiger partial charge in [-0.2, -0.15) is 0 Å². The van der Waals surface area contributed by atoms with Gasteiger partial charge in [-0.05, 0) is 31.3 Å². The number of hydrogen-bond acceptors (Lipinski definition) is 4. The molecular weight excluding hydrogens is 262 g/mol. The summed E-state index contributed by atoms with van der Waals surface area (Å²) in [6.45, 7) is 1.69. The topological polar surface area (TPSA) is 61.4 Å². The van der Waals surface area contributed by atoms with Crippen LogP contribution in [0.2, 0.25) is 0 Å². The summed E-state index contributed by atoms with van der Waals surface area (Å²) in [4.78, 5) is 26.4. The summed E-state index contributed by atoms with van der Waals surface area (Å²) in [6, 6.07) is 3.79. The van der Waals surface area contributed by atoms with E-state index in [0.29, 0.717) is 13.1 Å². The van der Waals surface area contributed by atoms with E-state index < -0.39 is 0 Å². The third-order valence-electron chi connectivity index (χ3n) is 3.14. The smallest absolute Gasteiger partial charge is 0.263 e. The highest BCUT2D eigenvalue weighted by atomic mass is 32.1. The summed E-state index contributed by atoms with van der Waals surface area (Å²) in [5.41, 5.74) is 0. The van der Waals surface area contributed by atoms with Crippen LogP contribution < -0.4 is 10.6 Å². The van der Waals surface area contributed by atoms with E-state index in [9.17, 15) is 9.59 Å². The van der Waals surface area contributed by atoms with Gasteiger partial charge in [-0.25, -0.2) is 0 Å². The number of nitrogens with zero attached hydrogens (tertiary/aromatic N) is 1. The van der Waals surface area contributed by atoms with Gasteiger partial charge >= 0.3 is 0 Å². The fourth-order valence-electron chi connectivity index (χ4n) is 2.27. The van der Waals surface area contributed by atoms with E-state index in [2.05, 4.69) is 10.6 Å². The lowest BCUT2D eigenvalue weighted by Crippen LogP contribution is -2.50. The summed E-state index contributed by atoms with van der Waals surface area (Å²) in [7, 11) is 1.74. The molecule has 2 heterocycles. The number of nitrogens with one attached hydrogen (secondary N) is 2. The molecule has 1 aromatic heterocycles. The van der Waals surface area contributed by atoms with Gasteiger partial charge in [0.1, 0.15) is 0 Å². The first kappa shape index (κ1) is 14.0. The van der Waals surface area contributed by atoms with Crippen LogP contribution in [-0.4, -0.2) is 49.4 Å². The number of likely N-dealkylation sites (tertiary alicyclic amines) is 1. The van der Waals surface area contributed by atoms with Gasteiger partial charge in [0, 0.05) is 19.1 Å². The predicted octanol–water partition coefficient (Wildman–Crippen LogP) is 0.688. The molecule has 0 unspecified atom stereocenters. The molecule has 6 heteroatoms. The van der Waals surface area contributed by atoms with Crippen molar-refractivity contribution in [2.24, 2.45) is 0 Å². The Balaban J connectivity index is 1.90. The average Bonchev–Trinajstić information content (AvgIpc) is 2.92. The number of rotatable bonds is 4. The van der Waals surface area contributed by atoms with Gasteiger partial charge in [0.2, 0.25) is 5.91 Å². The van der Waals surface area contributed by atoms with Gasteiger partial charge in [0.15, 0.2) is 0 Å². The highest BCUT2D eigenvalue weighted by molar-refractivity contribution is 7.12. The molecule has 1 atom stereocenters. The standard InChI is InChI=1S/C13H19N3O2S/c1-14-8-12(17)15-10-4-2-6-16(9-10)13(18)11-5-3-7-19-11/h3,5,7,10,14H,2,4,6,8-9H2,1H3,(H,15,17)/t10-/m1/s1. The van der Waals surface area contributed by atoms with Crippen LogP contribution in [0.4, 0.5) is 0 Å². The van der Waals surface area contributed by atoms with Gasteiger partial charge < -0.3 is 15.5 Å². The Morgan fingerprint density at radius 1 is 1.53 bits per heavy atom. The lowest BCUT2D eigenvalue weighted by atomic mass is 10.1. The van der Waals surface area contributed by atoms with Crippen LogP contribution in [0.5, 0.6) is 0 Å². The van der Waals surface area contributed by atoms with Crippen LogP contribution >= 0.6 is 11.3 Å². The maximum Gasteiger partial charge on any atom is 0.263 e. The summed E-state index contributed by atoms with van der Waals surface area (Å²) >= 11 is 1.46. The first-order valence-electron chi connectivity index (χ1n) is 6.47. The number of hydrogen-bond donors (Lipinski definition) is 2. The van der Waals surface area contributed by atoms with Crippen LogP contribution in [0, 0.1) is 0 Å². The molecule has 2 N–H and O–H groups in total. The van der Waals surface area contributed by atoms with E-state index in [1.165, 1.54) is 11.3 Å². The molecule has 1 aliphatic rings. The van der Waals surface area contributed by atoms with E-state index in [0.717, 1.165) is 24.3 Å². The van der Waals surface area contributed by atoms with E-state index in [-0.39, 0.29) is 17.9 Å². The molecule has 2 amide bonds. The number of amides is 2. The molecule has 0 aliphatic carbocycles. The van der Waals surface area contributed by atoms with Crippen LogP contribution in [0.25, 0.3) is 0 Å². The van der Waals surface area contributed by atoms with E-state index in [4.69, 9.17) is 0 Å². The monoisotopic (exact) mass is 281 g/mol. The summed E-state index contributed by atoms with van der Waals surface area (Å²) in [5.74, 6) is 0.0560. The minimum atomic E-state index is -0.0158. The van der Waals surface area contributed by atoms with E-state index in [1.54, 1.807) is 7.05 Å². The fraction of sp³-hybridized carbons (Fsp3) is 0.538. The maximum absolute atomic E-state index is 12.2. The van der Waals surface area contributed by atoms with Gasteiger partial charge in [-0.15, -0.1) is 11.3 Å². The molecule has 2 rings (SSSR count). The highest BCUT2D eigenvalue weighted by Gasteiger charge is 2.25. The lowest BCUT2D eigenvalue weighted by molar-refractivity contribution is -0.121. The highest BCUT2D eigenvalue weighted by Crippen LogP contribution is 2.16. The van der Waals surface area contributed by atoms with E-state index in [1.807, 2.05) is 22.4 Å². The molecule has 5 nitrogen and oxygen atoms in total. The zero-order chi connectivity index (χ0) is 13.7. The number of carbonyl (C=O) groups is 2. The fourth-order valence-corrected chi connectivity index (χ4v) is 2.97. The lowest BCUT2D eigenvalue weighted by Gasteiger charge is -2.33. The Bertz CT molecular complexity index is 433. The summed E-state index contributed by atoms with van der Waals surface area (Å²) < 4.78 is 0. The number of piperidine rings is 1. The third kappa shape index (κ3) is 3.78. The molecule has 1 saturated heterocycles. The van der Waals surface area contributed by atoms with Gasteiger partial charge in [-0.3, -0.25) is 9.59 Å². The zero-order valence-electron chi connectivity index (χ0n) is 11.0. The second-order valence-corrected chi connectivity index (χ2v) is 5.61. The normalized spacial score (nSPS) is 19.2. The van der Waals surface area contributed by atoms with Crippen molar-refractivity contribution in [2.75, 3.05) is 26.7 Å². The number of thiophene rings is 1. The van der Waals surface area contributed by atoms with E-state index >= 15 is 0 Å². The van der Waals surface area contributed by atoms with Crippen LogP contribution in [0.15, 0.2) is 17.5 Å². The van der Waals surface area contributed by atoms with Gasteiger partial charge in [-0.1, -0.05) is 6.07 Å². The molecule has 1 aromatic rings. The summed E-state index contributed by atoms with van der Waals surface area (Å²) in [6.07, 6.45) is 1.87. The second-order valence-electron chi connectivity index (χ2n) is 4.67. The molecule has 1 aliphatic heterocycles. The Hall–Kier alpha value is -1.40. The number of likely N-dealkylation sites (N-methyl/N-ethyl adjacent to an activating group) is 1. The van der Waals surface area contributed by atoms with Crippen LogP contribution in [-0.2, 0) is 4.79 Å². The minimum Gasteiger partial charge on any atom is -0.350 e. The molecule has 0 aromatic carbocycles. The van der Waals surface area contributed by atoms with Crippen molar-refractivity contribution >= 4 is 23.2 Å². The summed E-state index contributed by atoms with van der Waals surface area (Å²) in [5, 5.41) is 7.69. The van der Waals surface area contributed by atoms with Crippen molar-refractivity contribution in [1.29, 1.82) is 0 Å². The Kier molecular flexibility index (Phi) is 4.93. The van der Waals surface area contributed by atoms with Gasteiger partial charge in [0.25, 0.3) is 5.91 Å². The molecule has 1 fully saturated rings. The molecule has 0 radical (unpaired) electrons. The van der Waals surface area contributed by atoms with Crippen molar-refractivity contribution in [1.82, 2.24) is 15.5 Å². The predicted molar refractivity (Wildman–Crippen MR) is 75.3 cm³/mol. The maximum atomic E-state index is 12.2. The molecule has 19 heavy (non-hydrogen) atoms. The Morgan fingerprint density at radius 3 is 3.05 bits per heavy atom. The molecule has 0 bridgehead atoms. The van der Waals surface area contributed by atoms with Gasteiger partial charge in [0.05, 0.1) is 11.4 Å². The first-order chi connectivity index (χ1) is 9.20. The minimum absolute atomic E-state index is 0.0158. The van der Waals surface area contributed by atoms with Crippen LogP contribution in [0.3, 0.4) is 0 Å². The van der Waals surface area contributed by atoms with Crippen molar-refractivity contribution in [3.8, 4) is 0 Å². The van der Waals surface area contributed by atoms with Crippen molar-refractivity contribution in [2.45, 2.75) is 18.9 Å². The Morgan fingerprint density at radius 2 is 2.37 bits per heavy atom. The molecule has 0 saturated carbocycles. The largest absolute Gasteiger partial charge is 0.350 e.